The monoisotopic (exact) mass is 256 g/mol. The van der Waals surface area contributed by atoms with E-state index in [1.807, 2.05) is 13.8 Å². The minimum atomic E-state index is -0.486. The first kappa shape index (κ1) is 13.4. The molecule has 1 atom stereocenters. The molecule has 0 spiro atoms. The molecular weight excluding hydrogens is 240 g/mol. The van der Waals surface area contributed by atoms with Gasteiger partial charge in [0.2, 0.25) is 0 Å². The summed E-state index contributed by atoms with van der Waals surface area (Å²) >= 11 is 2.97. The highest BCUT2D eigenvalue weighted by Gasteiger charge is 2.23. The van der Waals surface area contributed by atoms with Crippen molar-refractivity contribution in [1.29, 1.82) is 5.26 Å². The zero-order valence-corrected chi connectivity index (χ0v) is 11.4. The van der Waals surface area contributed by atoms with Gasteiger partial charge in [0.1, 0.15) is 11.4 Å². The summed E-state index contributed by atoms with van der Waals surface area (Å²) in [6, 6.07) is 2.31. The topological polar surface area (TPSA) is 61.6 Å². The largest absolute Gasteiger partial charge is 0.299 e. The van der Waals surface area contributed by atoms with Crippen molar-refractivity contribution in [1.82, 2.24) is 14.7 Å². The van der Waals surface area contributed by atoms with Crippen LogP contribution in [0.5, 0.6) is 0 Å². The van der Waals surface area contributed by atoms with E-state index in [-0.39, 0.29) is 0 Å². The molecule has 0 aliphatic rings. The zero-order chi connectivity index (χ0) is 12.0. The van der Waals surface area contributed by atoms with E-state index in [2.05, 4.69) is 27.7 Å². The molecule has 0 bridgehead atoms. The number of thioether (sulfide) groups is 1. The molecule has 88 valence electrons. The summed E-state index contributed by atoms with van der Waals surface area (Å²) in [5.41, 5.74) is -0.486. The normalized spacial score (nSPS) is 14.4. The van der Waals surface area contributed by atoms with Gasteiger partial charge in [-0.15, -0.1) is 0 Å². The van der Waals surface area contributed by atoms with Crippen molar-refractivity contribution in [3.8, 4) is 6.07 Å². The molecule has 0 fully saturated rings. The van der Waals surface area contributed by atoms with Gasteiger partial charge >= 0.3 is 0 Å². The minimum absolute atomic E-state index is 0.486. The van der Waals surface area contributed by atoms with Crippen LogP contribution < -0.4 is 5.32 Å². The predicted molar refractivity (Wildman–Crippen MR) is 67.7 cm³/mol. The minimum Gasteiger partial charge on any atom is -0.299 e. The summed E-state index contributed by atoms with van der Waals surface area (Å²) in [5, 5.41) is 12.4. The Balaban J connectivity index is 2.48. The number of nitrogens with one attached hydrogen (secondary N) is 1. The summed E-state index contributed by atoms with van der Waals surface area (Å²) in [6.45, 7) is 6.74. The fourth-order valence-corrected chi connectivity index (χ4v) is 2.77. The Bertz CT molecular complexity index is 371. The maximum absolute atomic E-state index is 9.14. The van der Waals surface area contributed by atoms with Crippen molar-refractivity contribution in [3.63, 3.8) is 0 Å². The van der Waals surface area contributed by atoms with E-state index in [0.29, 0.717) is 5.75 Å². The van der Waals surface area contributed by atoms with E-state index in [1.54, 1.807) is 11.8 Å². The van der Waals surface area contributed by atoms with Crippen LogP contribution in [-0.4, -0.2) is 27.2 Å². The van der Waals surface area contributed by atoms with Crippen molar-refractivity contribution in [2.75, 3.05) is 12.3 Å². The van der Waals surface area contributed by atoms with E-state index >= 15 is 0 Å². The highest BCUT2D eigenvalue weighted by atomic mass is 32.2. The Hall–Kier alpha value is -0.640. The van der Waals surface area contributed by atoms with Gasteiger partial charge in [-0.2, -0.15) is 9.64 Å². The van der Waals surface area contributed by atoms with E-state index in [9.17, 15) is 0 Å². The van der Waals surface area contributed by atoms with Gasteiger partial charge in [-0.3, -0.25) is 5.32 Å². The van der Waals surface area contributed by atoms with Gasteiger partial charge in [-0.05, 0) is 38.3 Å². The Kier molecular flexibility index (Phi) is 5.19. The molecule has 6 heteroatoms. The molecule has 0 aliphatic heterocycles. The van der Waals surface area contributed by atoms with Crippen LogP contribution in [0.25, 0.3) is 0 Å². The average Bonchev–Trinajstić information content (AvgIpc) is 2.70. The van der Waals surface area contributed by atoms with Crippen molar-refractivity contribution >= 4 is 23.3 Å². The second-order valence-corrected chi connectivity index (χ2v) is 5.74. The van der Waals surface area contributed by atoms with Gasteiger partial charge in [0.25, 0.3) is 0 Å². The SMILES string of the molecule is CCCNC(C)(C#N)CSc1nc(C)ns1. The summed E-state index contributed by atoms with van der Waals surface area (Å²) in [6.07, 6.45) is 1.03. The molecular formula is C10H16N4S2. The van der Waals surface area contributed by atoms with Crippen LogP contribution in [0.15, 0.2) is 4.34 Å². The maximum Gasteiger partial charge on any atom is 0.170 e. The van der Waals surface area contributed by atoms with Gasteiger partial charge in [0.05, 0.1) is 6.07 Å². The zero-order valence-electron chi connectivity index (χ0n) is 9.78. The van der Waals surface area contributed by atoms with E-state index in [4.69, 9.17) is 5.26 Å². The predicted octanol–water partition coefficient (Wildman–Crippen LogP) is 2.22. The van der Waals surface area contributed by atoms with Crippen molar-refractivity contribution in [3.05, 3.63) is 5.82 Å². The lowest BCUT2D eigenvalue weighted by Crippen LogP contribution is -2.43. The summed E-state index contributed by atoms with van der Waals surface area (Å²) in [4.78, 5) is 4.26. The number of aromatic nitrogens is 2. The van der Waals surface area contributed by atoms with Crippen molar-refractivity contribution in [2.24, 2.45) is 0 Å². The lowest BCUT2D eigenvalue weighted by molar-refractivity contribution is 0.493. The third kappa shape index (κ3) is 4.08. The number of nitriles is 1. The Morgan fingerprint density at radius 1 is 1.62 bits per heavy atom. The highest BCUT2D eigenvalue weighted by Crippen LogP contribution is 2.23. The van der Waals surface area contributed by atoms with Crippen molar-refractivity contribution in [2.45, 2.75) is 37.1 Å². The smallest absolute Gasteiger partial charge is 0.170 e. The fourth-order valence-electron chi connectivity index (χ4n) is 1.07. The molecule has 0 aliphatic carbocycles. The Morgan fingerprint density at radius 2 is 2.38 bits per heavy atom. The molecule has 1 heterocycles. The van der Waals surface area contributed by atoms with E-state index in [0.717, 1.165) is 23.1 Å². The number of nitrogens with zero attached hydrogens (tertiary/aromatic N) is 3. The number of hydrogen-bond donors (Lipinski definition) is 1. The second-order valence-electron chi connectivity index (χ2n) is 3.77. The summed E-state index contributed by atoms with van der Waals surface area (Å²) in [5.74, 6) is 1.49. The lowest BCUT2D eigenvalue weighted by atomic mass is 10.1. The molecule has 16 heavy (non-hydrogen) atoms. The standard InChI is InChI=1S/C10H16N4S2/c1-4-5-12-10(3,6-11)7-15-9-13-8(2)14-16-9/h12H,4-5,7H2,1-3H3. The molecule has 0 aromatic carbocycles. The van der Waals surface area contributed by atoms with Crippen LogP contribution in [0.4, 0.5) is 0 Å². The molecule has 4 nitrogen and oxygen atoms in total. The number of hydrogen-bond acceptors (Lipinski definition) is 6. The highest BCUT2D eigenvalue weighted by molar-refractivity contribution is 8.01. The molecule has 1 rings (SSSR count). The fraction of sp³-hybridized carbons (Fsp3) is 0.700. The lowest BCUT2D eigenvalue weighted by Gasteiger charge is -2.21. The maximum atomic E-state index is 9.14. The molecule has 1 aromatic heterocycles. The average molecular weight is 256 g/mol. The molecule has 0 radical (unpaired) electrons. The van der Waals surface area contributed by atoms with E-state index in [1.165, 1.54) is 11.5 Å². The second kappa shape index (κ2) is 6.18. The van der Waals surface area contributed by atoms with Crippen LogP contribution in [0.3, 0.4) is 0 Å². The van der Waals surface area contributed by atoms with E-state index < -0.39 is 5.54 Å². The van der Waals surface area contributed by atoms with Crippen LogP contribution in [0.1, 0.15) is 26.1 Å². The number of aryl methyl sites for hydroxylation is 1. The summed E-state index contributed by atoms with van der Waals surface area (Å²) in [7, 11) is 0. The molecule has 0 saturated carbocycles. The van der Waals surface area contributed by atoms with Crippen LogP contribution in [-0.2, 0) is 0 Å². The molecule has 1 aromatic rings. The van der Waals surface area contributed by atoms with Gasteiger partial charge in [-0.25, -0.2) is 4.98 Å². The first-order chi connectivity index (χ1) is 7.59. The Morgan fingerprint density at radius 3 is 2.88 bits per heavy atom. The first-order valence-electron chi connectivity index (χ1n) is 5.19. The first-order valence-corrected chi connectivity index (χ1v) is 6.95. The van der Waals surface area contributed by atoms with Gasteiger partial charge in [0, 0.05) is 5.75 Å². The van der Waals surface area contributed by atoms with Gasteiger partial charge in [-0.1, -0.05) is 18.7 Å². The third-order valence-electron chi connectivity index (χ3n) is 2.01. The quantitative estimate of drug-likeness (QED) is 0.791. The van der Waals surface area contributed by atoms with Crippen LogP contribution >= 0.6 is 23.3 Å². The molecule has 1 N–H and O–H groups in total. The molecule has 0 saturated heterocycles. The summed E-state index contributed by atoms with van der Waals surface area (Å²) < 4.78 is 5.04. The van der Waals surface area contributed by atoms with Gasteiger partial charge < -0.3 is 0 Å². The molecule has 1 unspecified atom stereocenters. The van der Waals surface area contributed by atoms with Crippen LogP contribution in [0, 0.1) is 18.3 Å². The van der Waals surface area contributed by atoms with Crippen LogP contribution in [0.2, 0.25) is 0 Å². The Labute approximate surface area is 105 Å². The van der Waals surface area contributed by atoms with Crippen molar-refractivity contribution < 1.29 is 0 Å². The van der Waals surface area contributed by atoms with Gasteiger partial charge in [0.15, 0.2) is 4.34 Å². The third-order valence-corrected chi connectivity index (χ3v) is 4.25. The molecule has 0 amide bonds. The number of rotatable bonds is 6.